The molecule has 4 N–H and O–H groups in total. The molecule has 0 aromatic heterocycles. The Bertz CT molecular complexity index is 828. The molecular weight excluding hydrogens is 371 g/mol. The Morgan fingerprint density at radius 3 is 2.67 bits per heavy atom. The van der Waals surface area contributed by atoms with Crippen LogP contribution in [0, 0.1) is 5.82 Å². The van der Waals surface area contributed by atoms with Crippen LogP contribution in [0.15, 0.2) is 47.6 Å². The monoisotopic (exact) mass is 390 g/mol. The zero-order valence-corrected chi connectivity index (χ0v) is 15.4. The van der Waals surface area contributed by atoms with Crippen LogP contribution < -0.4 is 25.9 Å². The number of nitrogens with zero attached hydrogens (tertiary/aromatic N) is 1. The lowest BCUT2D eigenvalue weighted by molar-refractivity contribution is -0.119. The Morgan fingerprint density at radius 1 is 1.26 bits per heavy atom. The van der Waals surface area contributed by atoms with Crippen LogP contribution in [-0.4, -0.2) is 31.0 Å². The normalized spacial score (nSPS) is 10.4. The molecule has 7 nitrogen and oxygen atoms in total. The molecule has 0 saturated carbocycles. The molecule has 2 aromatic carbocycles. The Labute approximate surface area is 161 Å². The first kappa shape index (κ1) is 20.1. The zero-order chi connectivity index (χ0) is 19.6. The second kappa shape index (κ2) is 10.1. The lowest BCUT2D eigenvalue weighted by Crippen LogP contribution is -2.31. The van der Waals surface area contributed by atoms with Crippen LogP contribution in [0.3, 0.4) is 0 Å². The summed E-state index contributed by atoms with van der Waals surface area (Å²) >= 11 is 5.12. The number of rotatable bonds is 8. The molecule has 1 amide bonds. The third kappa shape index (κ3) is 6.90. The van der Waals surface area contributed by atoms with E-state index in [4.69, 9.17) is 27.4 Å². The summed E-state index contributed by atoms with van der Waals surface area (Å²) in [6.45, 7) is 0.209. The highest BCUT2D eigenvalue weighted by Gasteiger charge is 2.06. The molecule has 0 fully saturated rings. The minimum absolute atomic E-state index is 0.237. The fraction of sp³-hybridized carbons (Fsp3) is 0.167. The highest BCUT2D eigenvalue weighted by Crippen LogP contribution is 2.27. The van der Waals surface area contributed by atoms with Crippen LogP contribution >= 0.6 is 12.2 Å². The summed E-state index contributed by atoms with van der Waals surface area (Å²) in [6.07, 6.45) is 1.55. The minimum atomic E-state index is -0.575. The van der Waals surface area contributed by atoms with Gasteiger partial charge in [-0.25, -0.2) is 4.39 Å². The smallest absolute Gasteiger partial charge is 0.255 e. The molecule has 0 bridgehead atoms. The van der Waals surface area contributed by atoms with Crippen molar-refractivity contribution in [1.82, 2.24) is 10.7 Å². The molecule has 0 aliphatic heterocycles. The Kier molecular flexibility index (Phi) is 7.50. The third-order valence-corrected chi connectivity index (χ3v) is 3.54. The van der Waals surface area contributed by atoms with Gasteiger partial charge in [0, 0.05) is 6.54 Å². The van der Waals surface area contributed by atoms with Crippen molar-refractivity contribution in [2.24, 2.45) is 10.8 Å². The van der Waals surface area contributed by atoms with Crippen LogP contribution in [0.2, 0.25) is 0 Å². The van der Waals surface area contributed by atoms with Gasteiger partial charge in [-0.1, -0.05) is 12.1 Å². The summed E-state index contributed by atoms with van der Waals surface area (Å²) in [6, 6.07) is 11.2. The van der Waals surface area contributed by atoms with Crippen molar-refractivity contribution in [3.05, 3.63) is 59.4 Å². The molecule has 0 aliphatic carbocycles. The maximum Gasteiger partial charge on any atom is 0.255 e. The molecule has 0 aliphatic rings. The van der Waals surface area contributed by atoms with Gasteiger partial charge in [-0.15, -0.1) is 0 Å². The van der Waals surface area contributed by atoms with E-state index in [0.717, 1.165) is 11.1 Å². The summed E-state index contributed by atoms with van der Waals surface area (Å²) < 4.78 is 23.3. The minimum Gasteiger partial charge on any atom is -0.493 e. The van der Waals surface area contributed by atoms with E-state index in [0.29, 0.717) is 23.2 Å². The van der Waals surface area contributed by atoms with E-state index in [9.17, 15) is 9.18 Å². The number of carbonyl (C=O) groups excluding carboxylic acids is 1. The summed E-state index contributed by atoms with van der Waals surface area (Å²) in [5.74, 6) is -0.0193. The molecule has 0 radical (unpaired) electrons. The zero-order valence-electron chi connectivity index (χ0n) is 14.6. The van der Waals surface area contributed by atoms with Crippen molar-refractivity contribution < 1.29 is 18.7 Å². The van der Waals surface area contributed by atoms with Crippen molar-refractivity contribution in [3.63, 3.8) is 0 Å². The van der Waals surface area contributed by atoms with Gasteiger partial charge in [-0.2, -0.15) is 5.10 Å². The number of benzene rings is 2. The molecular formula is C18H19FN4O3S. The van der Waals surface area contributed by atoms with Gasteiger partial charge in [0.15, 0.2) is 23.2 Å². The highest BCUT2D eigenvalue weighted by molar-refractivity contribution is 7.80. The first-order valence-electron chi connectivity index (χ1n) is 7.88. The number of nitrogens with two attached hydrogens (primary N) is 1. The van der Waals surface area contributed by atoms with Gasteiger partial charge < -0.3 is 20.5 Å². The molecule has 9 heteroatoms. The quantitative estimate of drug-likeness (QED) is 0.361. The Balaban J connectivity index is 1.86. The maximum atomic E-state index is 12.9. The van der Waals surface area contributed by atoms with Crippen LogP contribution in [-0.2, 0) is 11.3 Å². The van der Waals surface area contributed by atoms with E-state index in [2.05, 4.69) is 15.8 Å². The van der Waals surface area contributed by atoms with Crippen molar-refractivity contribution in [3.8, 4) is 11.5 Å². The summed E-state index contributed by atoms with van der Waals surface area (Å²) in [7, 11) is 1.49. The van der Waals surface area contributed by atoms with E-state index in [1.165, 1.54) is 19.2 Å². The largest absolute Gasteiger partial charge is 0.493 e. The van der Waals surface area contributed by atoms with E-state index < -0.39 is 5.91 Å². The lowest BCUT2D eigenvalue weighted by atomic mass is 10.2. The summed E-state index contributed by atoms with van der Waals surface area (Å²) in [5.41, 5.74) is 9.36. The Morgan fingerprint density at radius 2 is 2.00 bits per heavy atom. The number of hydrazone groups is 1. The number of nitrogens with one attached hydrogen (secondary N) is 2. The molecule has 2 rings (SSSR count). The average Bonchev–Trinajstić information content (AvgIpc) is 2.66. The van der Waals surface area contributed by atoms with Crippen molar-refractivity contribution in [2.45, 2.75) is 6.54 Å². The number of hydrogen-bond donors (Lipinski definition) is 3. The Hall–Kier alpha value is -3.20. The van der Waals surface area contributed by atoms with Gasteiger partial charge in [0.1, 0.15) is 5.82 Å². The molecule has 0 spiro atoms. The predicted molar refractivity (Wildman–Crippen MR) is 104 cm³/mol. The van der Waals surface area contributed by atoms with Gasteiger partial charge in [0.05, 0.1) is 13.3 Å². The molecule has 0 unspecified atom stereocenters. The number of methoxy groups -OCH3 is 1. The second-order valence-corrected chi connectivity index (χ2v) is 5.75. The molecule has 0 saturated heterocycles. The predicted octanol–water partition coefficient (Wildman–Crippen LogP) is 1.70. The SMILES string of the molecule is COc1cc(/C=N\NC(=S)NCc2ccc(F)cc2)ccc1OCC(N)=O. The van der Waals surface area contributed by atoms with E-state index in [-0.39, 0.29) is 12.4 Å². The van der Waals surface area contributed by atoms with Crippen LogP contribution in [0.5, 0.6) is 11.5 Å². The molecule has 0 heterocycles. The average molecular weight is 390 g/mol. The van der Waals surface area contributed by atoms with E-state index in [1.54, 1.807) is 36.5 Å². The number of amides is 1. The van der Waals surface area contributed by atoms with Crippen molar-refractivity contribution >= 4 is 29.5 Å². The fourth-order valence-electron chi connectivity index (χ4n) is 2.02. The number of halogens is 1. The lowest BCUT2D eigenvalue weighted by Gasteiger charge is -2.10. The topological polar surface area (TPSA) is 98.0 Å². The number of primary amides is 1. The summed E-state index contributed by atoms with van der Waals surface area (Å²) in [5, 5.41) is 7.32. The fourth-order valence-corrected chi connectivity index (χ4v) is 2.15. The second-order valence-electron chi connectivity index (χ2n) is 5.34. The van der Waals surface area contributed by atoms with Crippen LogP contribution in [0.4, 0.5) is 4.39 Å². The van der Waals surface area contributed by atoms with Crippen molar-refractivity contribution in [2.75, 3.05) is 13.7 Å². The van der Waals surface area contributed by atoms with Crippen LogP contribution in [0.25, 0.3) is 0 Å². The standard InChI is InChI=1S/C18H19FN4O3S/c1-25-16-8-13(4-7-15(16)26-11-17(20)24)10-22-23-18(27)21-9-12-2-5-14(19)6-3-12/h2-8,10H,9,11H2,1H3,(H2,20,24)(H2,21,23,27)/b22-10-. The van der Waals surface area contributed by atoms with E-state index >= 15 is 0 Å². The molecule has 27 heavy (non-hydrogen) atoms. The van der Waals surface area contributed by atoms with Crippen molar-refractivity contribution in [1.29, 1.82) is 0 Å². The van der Waals surface area contributed by atoms with Gasteiger partial charge in [-0.3, -0.25) is 10.2 Å². The first-order chi connectivity index (χ1) is 13.0. The number of carbonyl (C=O) groups is 1. The van der Waals surface area contributed by atoms with Gasteiger partial charge in [0.25, 0.3) is 5.91 Å². The van der Waals surface area contributed by atoms with Gasteiger partial charge in [0.2, 0.25) is 0 Å². The number of ether oxygens (including phenoxy) is 2. The molecule has 0 atom stereocenters. The first-order valence-corrected chi connectivity index (χ1v) is 8.29. The van der Waals surface area contributed by atoms with Gasteiger partial charge in [-0.05, 0) is 53.7 Å². The van der Waals surface area contributed by atoms with Gasteiger partial charge >= 0.3 is 0 Å². The molecule has 142 valence electrons. The number of hydrogen-bond acceptors (Lipinski definition) is 5. The van der Waals surface area contributed by atoms with E-state index in [1.807, 2.05) is 0 Å². The highest BCUT2D eigenvalue weighted by atomic mass is 32.1. The van der Waals surface area contributed by atoms with Crippen LogP contribution in [0.1, 0.15) is 11.1 Å². The third-order valence-electron chi connectivity index (χ3n) is 3.30. The maximum absolute atomic E-state index is 12.9. The molecule has 2 aromatic rings. The number of thiocarbonyl (C=S) groups is 1. The summed E-state index contributed by atoms with van der Waals surface area (Å²) in [4.78, 5) is 10.8.